The van der Waals surface area contributed by atoms with E-state index >= 15 is 0 Å². The smallest absolute Gasteiger partial charge is 0.157 e. The van der Waals surface area contributed by atoms with Crippen LogP contribution in [0.15, 0.2) is 48.7 Å². The van der Waals surface area contributed by atoms with Gasteiger partial charge in [0, 0.05) is 6.20 Å². The minimum Gasteiger partial charge on any atom is -0.337 e. The van der Waals surface area contributed by atoms with Crippen LogP contribution in [0.5, 0.6) is 0 Å². The summed E-state index contributed by atoms with van der Waals surface area (Å²) >= 11 is -2.34. The molecule has 2 aromatic heterocycles. The molecule has 3 aromatic rings. The zero-order valence-electron chi connectivity index (χ0n) is 12.7. The van der Waals surface area contributed by atoms with E-state index in [9.17, 15) is 0 Å². The molecular formula is C16H19Cl2N3Sn. The number of benzene rings is 1. The Kier molecular flexibility index (Phi) is 6.53. The molecule has 116 valence electrons. The number of nitrogens with zero attached hydrogens (tertiary/aromatic N) is 2. The van der Waals surface area contributed by atoms with Crippen LogP contribution >= 0.6 is 17.8 Å². The van der Waals surface area contributed by atoms with Gasteiger partial charge in [-0.1, -0.05) is 18.2 Å². The Bertz CT molecular complexity index is 674. The van der Waals surface area contributed by atoms with Gasteiger partial charge in [0.05, 0.1) is 11.0 Å². The monoisotopic (exact) mass is 443 g/mol. The van der Waals surface area contributed by atoms with E-state index in [4.69, 9.17) is 17.8 Å². The molecule has 0 aliphatic carbocycles. The molecule has 0 radical (unpaired) electrons. The van der Waals surface area contributed by atoms with Crippen molar-refractivity contribution in [2.75, 3.05) is 0 Å². The summed E-state index contributed by atoms with van der Waals surface area (Å²) in [5.41, 5.74) is 2.88. The zero-order valence-corrected chi connectivity index (χ0v) is 17.0. The van der Waals surface area contributed by atoms with Gasteiger partial charge in [0.15, 0.2) is 5.82 Å². The van der Waals surface area contributed by atoms with Gasteiger partial charge in [-0.2, -0.15) is 0 Å². The second-order valence-electron chi connectivity index (χ2n) is 4.88. The predicted molar refractivity (Wildman–Crippen MR) is 97.7 cm³/mol. The normalized spacial score (nSPS) is 11.1. The van der Waals surface area contributed by atoms with Crippen LogP contribution in [0.4, 0.5) is 0 Å². The SMILES string of the molecule is C[CH2][Sn]([Cl])([Cl])[CH2]C.c1ccc(-c2nc3ccccc3[nH]2)nc1. The minimum absolute atomic E-state index is 0.816. The average molecular weight is 443 g/mol. The molecule has 0 aliphatic heterocycles. The van der Waals surface area contributed by atoms with E-state index in [0.29, 0.717) is 0 Å². The van der Waals surface area contributed by atoms with Gasteiger partial charge in [-0.05, 0) is 24.3 Å². The number of fused-ring (bicyclic) bond motifs is 1. The predicted octanol–water partition coefficient (Wildman–Crippen LogP) is 5.57. The Balaban J connectivity index is 0.000000217. The Labute approximate surface area is 142 Å². The summed E-state index contributed by atoms with van der Waals surface area (Å²) in [6, 6.07) is 13.8. The minimum atomic E-state index is -2.34. The van der Waals surface area contributed by atoms with Gasteiger partial charge >= 0.3 is 56.7 Å². The molecule has 1 N–H and O–H groups in total. The van der Waals surface area contributed by atoms with Crippen LogP contribution < -0.4 is 0 Å². The first kappa shape index (κ1) is 17.6. The number of hydrogen-bond acceptors (Lipinski definition) is 2. The van der Waals surface area contributed by atoms with Crippen LogP contribution in [0.3, 0.4) is 0 Å². The van der Waals surface area contributed by atoms with E-state index in [1.165, 1.54) is 0 Å². The summed E-state index contributed by atoms with van der Waals surface area (Å²) in [7, 11) is 11.8. The molecule has 0 atom stereocenters. The van der Waals surface area contributed by atoms with E-state index in [0.717, 1.165) is 31.4 Å². The number of aromatic nitrogens is 3. The van der Waals surface area contributed by atoms with E-state index < -0.39 is 16.1 Å². The molecule has 3 nitrogen and oxygen atoms in total. The standard InChI is InChI=1S/C12H9N3.2C2H5.2ClH.Sn/c1-2-6-10-9(5-1)14-12(15-10)11-7-3-4-8-13-11;2*1-2;;;/h1-8H,(H,14,15);2*1H2,2H3;2*1H;/q;;;;;+2/p-2. The average Bonchev–Trinajstić information content (AvgIpc) is 3.00. The third kappa shape index (κ3) is 4.86. The number of para-hydroxylation sites is 2. The Hall–Kier alpha value is -0.781. The van der Waals surface area contributed by atoms with Crippen LogP contribution in [-0.4, -0.2) is 31.1 Å². The van der Waals surface area contributed by atoms with Crippen molar-refractivity contribution in [1.82, 2.24) is 15.0 Å². The molecule has 0 saturated carbocycles. The number of nitrogens with one attached hydrogen (secondary N) is 1. The molecular weight excluding hydrogens is 424 g/mol. The number of imidazole rings is 1. The number of halogens is 2. The van der Waals surface area contributed by atoms with E-state index in [1.54, 1.807) is 6.20 Å². The van der Waals surface area contributed by atoms with Crippen molar-refractivity contribution in [2.24, 2.45) is 0 Å². The zero-order chi connectivity index (χ0) is 16.0. The van der Waals surface area contributed by atoms with Crippen molar-refractivity contribution in [1.29, 1.82) is 0 Å². The van der Waals surface area contributed by atoms with Crippen LogP contribution in [0.25, 0.3) is 22.6 Å². The van der Waals surface area contributed by atoms with E-state index in [2.05, 4.69) is 28.8 Å². The van der Waals surface area contributed by atoms with Crippen molar-refractivity contribution >= 4 is 45.0 Å². The Morgan fingerprint density at radius 1 is 1.00 bits per heavy atom. The van der Waals surface area contributed by atoms with Gasteiger partial charge < -0.3 is 4.98 Å². The first-order valence-corrected chi connectivity index (χ1v) is 18.6. The molecule has 22 heavy (non-hydrogen) atoms. The van der Waals surface area contributed by atoms with Crippen molar-refractivity contribution in [2.45, 2.75) is 22.7 Å². The van der Waals surface area contributed by atoms with Gasteiger partial charge in [-0.15, -0.1) is 0 Å². The first-order chi connectivity index (χ1) is 10.6. The Morgan fingerprint density at radius 3 is 2.23 bits per heavy atom. The number of aromatic amines is 1. The molecule has 1 aromatic carbocycles. The summed E-state index contributed by atoms with van der Waals surface area (Å²) in [6.45, 7) is 4.14. The topological polar surface area (TPSA) is 41.6 Å². The second-order valence-corrected chi connectivity index (χ2v) is 24.8. The molecule has 0 spiro atoms. The fraction of sp³-hybridized carbons (Fsp3) is 0.250. The van der Waals surface area contributed by atoms with Crippen molar-refractivity contribution in [3.8, 4) is 11.5 Å². The molecule has 0 bridgehead atoms. The summed E-state index contributed by atoms with van der Waals surface area (Å²) < 4.78 is 2.07. The van der Waals surface area contributed by atoms with Gasteiger partial charge in [-0.3, -0.25) is 4.98 Å². The van der Waals surface area contributed by atoms with E-state index in [1.807, 2.05) is 42.5 Å². The summed E-state index contributed by atoms with van der Waals surface area (Å²) in [5, 5.41) is 0. The second kappa shape index (κ2) is 8.18. The van der Waals surface area contributed by atoms with Crippen LogP contribution in [0.1, 0.15) is 13.8 Å². The molecule has 0 aliphatic rings. The maximum Gasteiger partial charge on any atom is 0.157 e. The van der Waals surface area contributed by atoms with Gasteiger partial charge in [-0.25, -0.2) is 4.98 Å². The summed E-state index contributed by atoms with van der Waals surface area (Å²) in [5.74, 6) is 0.816. The quantitative estimate of drug-likeness (QED) is 0.538. The Morgan fingerprint density at radius 2 is 1.68 bits per heavy atom. The summed E-state index contributed by atoms with van der Waals surface area (Å²) in [6.07, 6.45) is 1.77. The number of H-pyrrole nitrogens is 1. The molecule has 0 amide bonds. The van der Waals surface area contributed by atoms with Gasteiger partial charge in [0.1, 0.15) is 5.69 Å². The van der Waals surface area contributed by atoms with Crippen molar-refractivity contribution < 1.29 is 0 Å². The fourth-order valence-corrected chi connectivity index (χ4v) is 3.25. The van der Waals surface area contributed by atoms with Crippen molar-refractivity contribution in [3.05, 3.63) is 48.7 Å². The van der Waals surface area contributed by atoms with Crippen LogP contribution in [0.2, 0.25) is 8.87 Å². The number of pyridine rings is 1. The van der Waals surface area contributed by atoms with Crippen LogP contribution in [0, 0.1) is 0 Å². The van der Waals surface area contributed by atoms with Gasteiger partial charge in [0.25, 0.3) is 0 Å². The third-order valence-corrected chi connectivity index (χ3v) is 16.4. The molecule has 2 heterocycles. The van der Waals surface area contributed by atoms with Crippen molar-refractivity contribution in [3.63, 3.8) is 0 Å². The maximum absolute atomic E-state index is 5.88. The number of rotatable bonds is 3. The largest absolute Gasteiger partial charge is 0.337 e. The maximum atomic E-state index is 5.88. The summed E-state index contributed by atoms with van der Waals surface area (Å²) in [4.78, 5) is 12.0. The first-order valence-electron chi connectivity index (χ1n) is 7.29. The third-order valence-electron chi connectivity index (χ3n) is 3.33. The van der Waals surface area contributed by atoms with Gasteiger partial charge in [0.2, 0.25) is 0 Å². The molecule has 6 heteroatoms. The van der Waals surface area contributed by atoms with E-state index in [-0.39, 0.29) is 0 Å². The molecule has 3 rings (SSSR count). The number of hydrogen-bond donors (Lipinski definition) is 1. The fourth-order valence-electron chi connectivity index (χ4n) is 1.83. The molecule has 0 fully saturated rings. The molecule has 0 unspecified atom stereocenters. The molecule has 0 saturated heterocycles. The van der Waals surface area contributed by atoms with Crippen LogP contribution in [-0.2, 0) is 0 Å².